The first kappa shape index (κ1) is 24.2. The maximum atomic E-state index is 12.3. The molecule has 1 aromatic carbocycles. The fourth-order valence-electron chi connectivity index (χ4n) is 3.12. The number of carbonyl (C=O) groups is 4. The largest absolute Gasteiger partial charge is 0.444 e. The number of nitrogens with zero attached hydrogens (tertiary/aromatic N) is 1. The van der Waals surface area contributed by atoms with E-state index < -0.39 is 11.7 Å². The molecule has 0 spiro atoms. The number of hydrogen-bond donors (Lipinski definition) is 3. The normalized spacial score (nSPS) is 14.5. The maximum Gasteiger partial charge on any atom is 0.407 e. The van der Waals surface area contributed by atoms with E-state index in [0.717, 1.165) is 0 Å². The zero-order valence-corrected chi connectivity index (χ0v) is 18.4. The first-order valence-corrected chi connectivity index (χ1v) is 10.5. The third-order valence-corrected chi connectivity index (χ3v) is 4.67. The van der Waals surface area contributed by atoms with Crippen LogP contribution in [0.4, 0.5) is 4.79 Å². The van der Waals surface area contributed by atoms with Gasteiger partial charge in [-0.25, -0.2) is 4.79 Å². The van der Waals surface area contributed by atoms with Crippen LogP contribution in [0.2, 0.25) is 0 Å². The summed E-state index contributed by atoms with van der Waals surface area (Å²) >= 11 is 0. The van der Waals surface area contributed by atoms with Crippen LogP contribution in [-0.4, -0.2) is 66.5 Å². The van der Waals surface area contributed by atoms with E-state index in [2.05, 4.69) is 16.0 Å². The molecule has 0 radical (unpaired) electrons. The average molecular weight is 433 g/mol. The van der Waals surface area contributed by atoms with Gasteiger partial charge in [-0.1, -0.05) is 18.2 Å². The van der Waals surface area contributed by atoms with Crippen molar-refractivity contribution in [2.24, 2.45) is 0 Å². The molecule has 0 atom stereocenters. The van der Waals surface area contributed by atoms with Crippen LogP contribution in [0.3, 0.4) is 0 Å². The second kappa shape index (κ2) is 11.3. The molecule has 170 valence electrons. The van der Waals surface area contributed by atoms with Gasteiger partial charge in [-0.3, -0.25) is 14.4 Å². The summed E-state index contributed by atoms with van der Waals surface area (Å²) in [5.74, 6) is -0.581. The number of piperidine rings is 1. The van der Waals surface area contributed by atoms with Crippen molar-refractivity contribution >= 4 is 23.8 Å². The molecule has 31 heavy (non-hydrogen) atoms. The lowest BCUT2D eigenvalue weighted by atomic mass is 10.0. The summed E-state index contributed by atoms with van der Waals surface area (Å²) in [6, 6.07) is 8.72. The Bertz CT molecular complexity index is 768. The van der Waals surface area contributed by atoms with E-state index in [9.17, 15) is 19.2 Å². The van der Waals surface area contributed by atoms with E-state index in [0.29, 0.717) is 31.5 Å². The topological polar surface area (TPSA) is 117 Å². The predicted molar refractivity (Wildman–Crippen MR) is 115 cm³/mol. The average Bonchev–Trinajstić information content (AvgIpc) is 2.71. The first-order valence-electron chi connectivity index (χ1n) is 10.5. The van der Waals surface area contributed by atoms with Gasteiger partial charge in [0.05, 0.1) is 6.54 Å². The van der Waals surface area contributed by atoms with Crippen LogP contribution in [0.25, 0.3) is 0 Å². The standard InChI is InChI=1S/C22H32N4O5/c1-22(2,3)31-21(30)23-12-9-18(27)25-17-10-13-26(14-11-17)19(28)15-24-20(29)16-7-5-4-6-8-16/h4-8,17H,9-15H2,1-3H3,(H,23,30)(H,24,29)(H,25,27). The molecular weight excluding hydrogens is 400 g/mol. The van der Waals surface area contributed by atoms with Gasteiger partial charge >= 0.3 is 6.09 Å². The highest BCUT2D eigenvalue weighted by Gasteiger charge is 2.24. The SMILES string of the molecule is CC(C)(C)OC(=O)NCCC(=O)NC1CCN(C(=O)CNC(=O)c2ccccc2)CC1. The van der Waals surface area contributed by atoms with Crippen LogP contribution >= 0.6 is 0 Å². The molecule has 1 aliphatic rings. The molecule has 1 heterocycles. The molecule has 3 N–H and O–H groups in total. The molecule has 1 aliphatic heterocycles. The summed E-state index contributed by atoms with van der Waals surface area (Å²) in [6.45, 7) is 6.48. The van der Waals surface area contributed by atoms with E-state index in [-0.39, 0.29) is 43.3 Å². The first-order chi connectivity index (χ1) is 14.6. The summed E-state index contributed by atoms with van der Waals surface area (Å²) in [5.41, 5.74) is -0.0693. The number of hydrogen-bond acceptors (Lipinski definition) is 5. The molecule has 1 fully saturated rings. The van der Waals surface area contributed by atoms with Crippen molar-refractivity contribution in [1.82, 2.24) is 20.9 Å². The Hall–Kier alpha value is -3.10. The summed E-state index contributed by atoms with van der Waals surface area (Å²) < 4.78 is 5.12. The molecule has 2 rings (SSSR count). The van der Waals surface area contributed by atoms with Gasteiger partial charge in [0, 0.05) is 37.7 Å². The van der Waals surface area contributed by atoms with Gasteiger partial charge in [-0.15, -0.1) is 0 Å². The molecule has 9 heteroatoms. The number of rotatable bonds is 7. The lowest BCUT2D eigenvalue weighted by molar-refractivity contribution is -0.131. The number of likely N-dealkylation sites (tertiary alicyclic amines) is 1. The molecule has 0 saturated carbocycles. The fourth-order valence-corrected chi connectivity index (χ4v) is 3.12. The number of benzene rings is 1. The van der Waals surface area contributed by atoms with E-state index in [1.165, 1.54) is 0 Å². The Morgan fingerprint density at radius 3 is 2.29 bits per heavy atom. The summed E-state index contributed by atoms with van der Waals surface area (Å²) in [6.07, 6.45) is 0.892. The number of ether oxygens (including phenoxy) is 1. The minimum absolute atomic E-state index is 0.0167. The minimum atomic E-state index is -0.581. The summed E-state index contributed by atoms with van der Waals surface area (Å²) in [7, 11) is 0. The van der Waals surface area contributed by atoms with Gasteiger partial charge < -0.3 is 25.6 Å². The zero-order valence-electron chi connectivity index (χ0n) is 18.4. The van der Waals surface area contributed by atoms with Crippen LogP contribution in [-0.2, 0) is 14.3 Å². The monoisotopic (exact) mass is 432 g/mol. The summed E-state index contributed by atoms with van der Waals surface area (Å²) in [4.78, 5) is 49.7. The Labute approximate surface area is 182 Å². The van der Waals surface area contributed by atoms with Gasteiger partial charge in [0.1, 0.15) is 5.60 Å². The second-order valence-electron chi connectivity index (χ2n) is 8.45. The highest BCUT2D eigenvalue weighted by Crippen LogP contribution is 2.11. The van der Waals surface area contributed by atoms with E-state index in [1.54, 1.807) is 49.9 Å². The van der Waals surface area contributed by atoms with E-state index in [4.69, 9.17) is 4.74 Å². The second-order valence-corrected chi connectivity index (χ2v) is 8.45. The van der Waals surface area contributed by atoms with Crippen molar-refractivity contribution in [2.75, 3.05) is 26.2 Å². The van der Waals surface area contributed by atoms with Crippen molar-refractivity contribution < 1.29 is 23.9 Å². The van der Waals surface area contributed by atoms with Crippen molar-refractivity contribution in [1.29, 1.82) is 0 Å². The molecule has 4 amide bonds. The van der Waals surface area contributed by atoms with Gasteiger partial charge in [-0.2, -0.15) is 0 Å². The molecule has 9 nitrogen and oxygen atoms in total. The maximum absolute atomic E-state index is 12.3. The Balaban J connectivity index is 1.62. The zero-order chi connectivity index (χ0) is 22.9. The smallest absolute Gasteiger partial charge is 0.407 e. The van der Waals surface area contributed by atoms with E-state index >= 15 is 0 Å². The van der Waals surface area contributed by atoms with Crippen LogP contribution in [0.5, 0.6) is 0 Å². The number of amides is 4. The lowest BCUT2D eigenvalue weighted by Gasteiger charge is -2.32. The van der Waals surface area contributed by atoms with E-state index in [1.807, 2.05) is 6.07 Å². The van der Waals surface area contributed by atoms with Crippen LogP contribution < -0.4 is 16.0 Å². The third kappa shape index (κ3) is 9.06. The molecule has 0 aromatic heterocycles. The minimum Gasteiger partial charge on any atom is -0.444 e. The molecule has 1 aromatic rings. The van der Waals surface area contributed by atoms with Gasteiger partial charge in [-0.05, 0) is 45.7 Å². The molecular formula is C22H32N4O5. The quantitative estimate of drug-likeness (QED) is 0.603. The fraction of sp³-hybridized carbons (Fsp3) is 0.545. The Morgan fingerprint density at radius 1 is 1.03 bits per heavy atom. The van der Waals surface area contributed by atoms with Gasteiger partial charge in [0.25, 0.3) is 5.91 Å². The highest BCUT2D eigenvalue weighted by molar-refractivity contribution is 5.96. The molecule has 0 bridgehead atoms. The number of nitrogens with one attached hydrogen (secondary N) is 3. The van der Waals surface area contributed by atoms with Crippen LogP contribution in [0.1, 0.15) is 50.4 Å². The molecule has 0 unspecified atom stereocenters. The van der Waals surface area contributed by atoms with Crippen molar-refractivity contribution in [3.63, 3.8) is 0 Å². The van der Waals surface area contributed by atoms with Gasteiger partial charge in [0.2, 0.25) is 11.8 Å². The lowest BCUT2D eigenvalue weighted by Crippen LogP contribution is -2.49. The number of alkyl carbamates (subject to hydrolysis) is 1. The number of carbonyl (C=O) groups excluding carboxylic acids is 4. The van der Waals surface area contributed by atoms with Crippen molar-refractivity contribution in [3.05, 3.63) is 35.9 Å². The van der Waals surface area contributed by atoms with Crippen molar-refractivity contribution in [3.8, 4) is 0 Å². The molecule has 0 aliphatic carbocycles. The van der Waals surface area contributed by atoms with Crippen molar-refractivity contribution in [2.45, 2.75) is 51.7 Å². The highest BCUT2D eigenvalue weighted by atomic mass is 16.6. The predicted octanol–water partition coefficient (Wildman–Crippen LogP) is 1.44. The van der Waals surface area contributed by atoms with Gasteiger partial charge in [0.15, 0.2) is 0 Å². The Kier molecular flexibility index (Phi) is 8.84. The third-order valence-electron chi connectivity index (χ3n) is 4.67. The molecule has 1 saturated heterocycles. The Morgan fingerprint density at radius 2 is 1.68 bits per heavy atom. The van der Waals surface area contributed by atoms with Crippen LogP contribution in [0.15, 0.2) is 30.3 Å². The summed E-state index contributed by atoms with van der Waals surface area (Å²) in [5, 5.41) is 8.13. The van der Waals surface area contributed by atoms with Crippen LogP contribution in [0, 0.1) is 0 Å².